The van der Waals surface area contributed by atoms with E-state index >= 15 is 0 Å². The van der Waals surface area contributed by atoms with Crippen molar-refractivity contribution in [2.45, 2.75) is 44.6 Å². The van der Waals surface area contributed by atoms with E-state index in [1.165, 1.54) is 32.8 Å². The van der Waals surface area contributed by atoms with E-state index < -0.39 is 5.54 Å². The standard InChI is InChI=1S/C15H28N2O2/c1-15(16,14(18)19-3)6-7-17(2)10-13-9-11-4-5-12(13)8-11/h11-13H,4-10,16H2,1-3H3. The predicted octanol–water partition coefficient (Wildman–Crippen LogP) is 1.63. The average molecular weight is 268 g/mol. The number of esters is 1. The van der Waals surface area contributed by atoms with Gasteiger partial charge in [0.15, 0.2) is 0 Å². The molecule has 2 aliphatic rings. The predicted molar refractivity (Wildman–Crippen MR) is 75.7 cm³/mol. The zero-order valence-corrected chi connectivity index (χ0v) is 12.5. The molecule has 2 N–H and O–H groups in total. The summed E-state index contributed by atoms with van der Waals surface area (Å²) in [6.07, 6.45) is 6.40. The second-order valence-electron chi connectivity index (χ2n) is 6.86. The molecule has 19 heavy (non-hydrogen) atoms. The largest absolute Gasteiger partial charge is 0.468 e. The van der Waals surface area contributed by atoms with Crippen LogP contribution in [0.4, 0.5) is 0 Å². The average Bonchev–Trinajstić information content (AvgIpc) is 2.97. The van der Waals surface area contributed by atoms with Crippen molar-refractivity contribution in [3.63, 3.8) is 0 Å². The zero-order chi connectivity index (χ0) is 14.0. The number of hydrogen-bond acceptors (Lipinski definition) is 4. The Kier molecular flexibility index (Phi) is 4.51. The number of rotatable bonds is 6. The number of nitrogens with two attached hydrogens (primary N) is 1. The molecule has 2 saturated carbocycles. The van der Waals surface area contributed by atoms with Crippen LogP contribution in [0, 0.1) is 17.8 Å². The summed E-state index contributed by atoms with van der Waals surface area (Å²) in [5, 5.41) is 0. The number of nitrogens with zero attached hydrogens (tertiary/aromatic N) is 1. The molecule has 0 aromatic rings. The first-order chi connectivity index (χ1) is 8.92. The van der Waals surface area contributed by atoms with Crippen LogP contribution in [0.25, 0.3) is 0 Å². The van der Waals surface area contributed by atoms with Gasteiger partial charge >= 0.3 is 5.97 Å². The Bertz CT molecular complexity index is 330. The van der Waals surface area contributed by atoms with Crippen molar-refractivity contribution >= 4 is 5.97 Å². The SMILES string of the molecule is COC(=O)C(C)(N)CCN(C)CC1CC2CCC1C2. The minimum absolute atomic E-state index is 0.319. The summed E-state index contributed by atoms with van der Waals surface area (Å²) in [6, 6.07) is 0. The number of ether oxygens (including phenoxy) is 1. The van der Waals surface area contributed by atoms with Crippen molar-refractivity contribution in [3.05, 3.63) is 0 Å². The Hall–Kier alpha value is -0.610. The first-order valence-corrected chi connectivity index (χ1v) is 7.48. The summed E-state index contributed by atoms with van der Waals surface area (Å²) in [5.74, 6) is 2.50. The van der Waals surface area contributed by atoms with Gasteiger partial charge in [-0.05, 0) is 57.4 Å². The van der Waals surface area contributed by atoms with E-state index in [4.69, 9.17) is 10.5 Å². The second-order valence-corrected chi connectivity index (χ2v) is 6.86. The molecule has 0 saturated heterocycles. The molecule has 4 heteroatoms. The van der Waals surface area contributed by atoms with Crippen LogP contribution in [0.1, 0.15) is 39.0 Å². The van der Waals surface area contributed by atoms with Crippen molar-refractivity contribution in [3.8, 4) is 0 Å². The fourth-order valence-electron chi connectivity index (χ4n) is 3.85. The van der Waals surface area contributed by atoms with Crippen LogP contribution in [0.15, 0.2) is 0 Å². The molecule has 4 unspecified atom stereocenters. The van der Waals surface area contributed by atoms with Crippen LogP contribution >= 0.6 is 0 Å². The van der Waals surface area contributed by atoms with E-state index in [2.05, 4.69) is 11.9 Å². The number of carbonyl (C=O) groups is 1. The number of methoxy groups -OCH3 is 1. The molecule has 0 aromatic carbocycles. The van der Waals surface area contributed by atoms with Gasteiger partial charge in [-0.1, -0.05) is 6.42 Å². The van der Waals surface area contributed by atoms with Crippen LogP contribution in [0.3, 0.4) is 0 Å². The fraction of sp³-hybridized carbons (Fsp3) is 0.933. The summed E-state index contributed by atoms with van der Waals surface area (Å²) in [4.78, 5) is 13.9. The van der Waals surface area contributed by atoms with E-state index in [1.54, 1.807) is 6.92 Å². The fourth-order valence-corrected chi connectivity index (χ4v) is 3.85. The molecular formula is C15H28N2O2. The first kappa shape index (κ1) is 14.8. The van der Waals surface area contributed by atoms with Gasteiger partial charge in [-0.2, -0.15) is 0 Å². The maximum atomic E-state index is 11.5. The van der Waals surface area contributed by atoms with Gasteiger partial charge in [0.1, 0.15) is 5.54 Å². The smallest absolute Gasteiger partial charge is 0.325 e. The minimum atomic E-state index is -0.863. The number of fused-ring (bicyclic) bond motifs is 2. The van der Waals surface area contributed by atoms with E-state index in [-0.39, 0.29) is 5.97 Å². The lowest BCUT2D eigenvalue weighted by molar-refractivity contribution is -0.146. The second kappa shape index (κ2) is 5.80. The molecule has 2 fully saturated rings. The van der Waals surface area contributed by atoms with Crippen LogP contribution < -0.4 is 5.73 Å². The summed E-state index contributed by atoms with van der Waals surface area (Å²) in [6.45, 7) is 3.76. The summed E-state index contributed by atoms with van der Waals surface area (Å²) >= 11 is 0. The molecule has 2 aliphatic carbocycles. The molecule has 0 radical (unpaired) electrons. The van der Waals surface area contributed by atoms with Gasteiger partial charge in [0, 0.05) is 13.1 Å². The Morgan fingerprint density at radius 2 is 2.16 bits per heavy atom. The summed E-state index contributed by atoms with van der Waals surface area (Å²) < 4.78 is 4.74. The highest BCUT2D eigenvalue weighted by atomic mass is 16.5. The molecule has 0 aromatic heterocycles. The third-order valence-corrected chi connectivity index (χ3v) is 5.10. The Morgan fingerprint density at radius 1 is 1.42 bits per heavy atom. The van der Waals surface area contributed by atoms with Gasteiger partial charge in [-0.25, -0.2) is 0 Å². The van der Waals surface area contributed by atoms with Gasteiger partial charge < -0.3 is 15.4 Å². The maximum Gasteiger partial charge on any atom is 0.325 e. The van der Waals surface area contributed by atoms with Crippen molar-refractivity contribution in [1.29, 1.82) is 0 Å². The van der Waals surface area contributed by atoms with Crippen LogP contribution in [0.2, 0.25) is 0 Å². The zero-order valence-electron chi connectivity index (χ0n) is 12.5. The van der Waals surface area contributed by atoms with Gasteiger partial charge in [-0.3, -0.25) is 4.79 Å². The molecule has 4 nitrogen and oxygen atoms in total. The van der Waals surface area contributed by atoms with Crippen molar-refractivity contribution in [2.75, 3.05) is 27.2 Å². The summed E-state index contributed by atoms with van der Waals surface area (Å²) in [7, 11) is 3.53. The van der Waals surface area contributed by atoms with Crippen molar-refractivity contribution in [2.24, 2.45) is 23.5 Å². The molecule has 4 atom stereocenters. The lowest BCUT2D eigenvalue weighted by atomic mass is 9.88. The van der Waals surface area contributed by atoms with Crippen LogP contribution in [-0.2, 0) is 9.53 Å². The molecule has 2 rings (SSSR count). The molecule has 0 amide bonds. The monoisotopic (exact) mass is 268 g/mol. The minimum Gasteiger partial charge on any atom is -0.468 e. The van der Waals surface area contributed by atoms with Crippen molar-refractivity contribution < 1.29 is 9.53 Å². The molecule has 110 valence electrons. The van der Waals surface area contributed by atoms with Gasteiger partial charge in [0.05, 0.1) is 7.11 Å². The quantitative estimate of drug-likeness (QED) is 0.744. The molecule has 0 spiro atoms. The van der Waals surface area contributed by atoms with E-state index in [9.17, 15) is 4.79 Å². The van der Waals surface area contributed by atoms with E-state index in [0.717, 1.165) is 30.8 Å². The third-order valence-electron chi connectivity index (χ3n) is 5.10. The molecule has 0 aliphatic heterocycles. The van der Waals surface area contributed by atoms with Gasteiger partial charge in [0.2, 0.25) is 0 Å². The maximum absolute atomic E-state index is 11.5. The lowest BCUT2D eigenvalue weighted by Gasteiger charge is -2.29. The number of hydrogen-bond donors (Lipinski definition) is 1. The normalized spacial score (nSPS) is 32.6. The number of carbonyl (C=O) groups excluding carboxylic acids is 1. The van der Waals surface area contributed by atoms with Crippen molar-refractivity contribution in [1.82, 2.24) is 4.90 Å². The highest BCUT2D eigenvalue weighted by molar-refractivity contribution is 5.79. The molecule has 2 bridgehead atoms. The van der Waals surface area contributed by atoms with Crippen LogP contribution in [-0.4, -0.2) is 43.7 Å². The van der Waals surface area contributed by atoms with Gasteiger partial charge in [0.25, 0.3) is 0 Å². The highest BCUT2D eigenvalue weighted by Gasteiger charge is 2.39. The van der Waals surface area contributed by atoms with E-state index in [1.807, 2.05) is 0 Å². The van der Waals surface area contributed by atoms with Gasteiger partial charge in [-0.15, -0.1) is 0 Å². The Morgan fingerprint density at radius 3 is 2.68 bits per heavy atom. The lowest BCUT2D eigenvalue weighted by Crippen LogP contribution is -2.48. The first-order valence-electron chi connectivity index (χ1n) is 7.48. The Labute approximate surface area is 116 Å². The molecular weight excluding hydrogens is 240 g/mol. The highest BCUT2D eigenvalue weighted by Crippen LogP contribution is 2.48. The van der Waals surface area contributed by atoms with E-state index in [0.29, 0.717) is 6.42 Å². The van der Waals surface area contributed by atoms with Crippen LogP contribution in [0.5, 0.6) is 0 Å². The Balaban J connectivity index is 1.73. The summed E-state index contributed by atoms with van der Waals surface area (Å²) in [5.41, 5.74) is 5.12. The third kappa shape index (κ3) is 3.48. The molecule has 0 heterocycles. The topological polar surface area (TPSA) is 55.6 Å².